The summed E-state index contributed by atoms with van der Waals surface area (Å²) in [6, 6.07) is 9.79. The van der Waals surface area contributed by atoms with E-state index in [9.17, 15) is 4.79 Å². The van der Waals surface area contributed by atoms with Crippen LogP contribution in [0.15, 0.2) is 47.5 Å². The molecule has 108 valence electrons. The van der Waals surface area contributed by atoms with Crippen LogP contribution in [-0.4, -0.2) is 21.5 Å². The van der Waals surface area contributed by atoms with Gasteiger partial charge in [0.15, 0.2) is 11.6 Å². The predicted molar refractivity (Wildman–Crippen MR) is 87.7 cm³/mol. The monoisotopic (exact) mass is 298 g/mol. The van der Waals surface area contributed by atoms with Crippen LogP contribution in [0, 0.1) is 6.92 Å². The van der Waals surface area contributed by atoms with Crippen molar-refractivity contribution in [3.63, 3.8) is 0 Å². The van der Waals surface area contributed by atoms with Gasteiger partial charge in [-0.2, -0.15) is 0 Å². The zero-order valence-corrected chi connectivity index (χ0v) is 13.3. The van der Waals surface area contributed by atoms with Crippen LogP contribution < -0.4 is 0 Å². The molecular weight excluding hydrogens is 280 g/mol. The van der Waals surface area contributed by atoms with Crippen molar-refractivity contribution in [3.05, 3.63) is 53.7 Å². The molecule has 4 heteroatoms. The third-order valence-corrected chi connectivity index (χ3v) is 4.10. The molecule has 0 N–H and O–H groups in total. The van der Waals surface area contributed by atoms with Crippen molar-refractivity contribution < 1.29 is 4.79 Å². The highest BCUT2D eigenvalue weighted by Gasteiger charge is 2.16. The van der Waals surface area contributed by atoms with E-state index in [0.29, 0.717) is 11.4 Å². The van der Waals surface area contributed by atoms with E-state index < -0.39 is 0 Å². The molecule has 0 amide bonds. The average molecular weight is 298 g/mol. The average Bonchev–Trinajstić information content (AvgIpc) is 2.45. The quantitative estimate of drug-likeness (QED) is 0.357. The van der Waals surface area contributed by atoms with Crippen LogP contribution in [0.1, 0.15) is 29.9 Å². The van der Waals surface area contributed by atoms with Crippen LogP contribution >= 0.6 is 11.8 Å². The second kappa shape index (κ2) is 6.68. The highest BCUT2D eigenvalue weighted by Crippen LogP contribution is 2.27. The normalized spacial score (nSPS) is 10.4. The first-order chi connectivity index (χ1) is 9.99. The van der Waals surface area contributed by atoms with Crippen molar-refractivity contribution in [1.29, 1.82) is 0 Å². The van der Waals surface area contributed by atoms with E-state index in [4.69, 9.17) is 0 Å². The lowest BCUT2D eigenvalue weighted by molar-refractivity contribution is 0.101. The standard InChI is InChI=1S/C17H18N2OS/c1-11(2)10-21-17-15(13(4)20)12(3)18-16(19-17)14-8-6-5-7-9-14/h5-9H,1,10H2,2-4H3. The molecule has 1 aromatic heterocycles. The number of benzene rings is 1. The Bertz CT molecular complexity index is 681. The van der Waals surface area contributed by atoms with Gasteiger partial charge in [-0.1, -0.05) is 42.5 Å². The van der Waals surface area contributed by atoms with Gasteiger partial charge in [0.1, 0.15) is 5.03 Å². The summed E-state index contributed by atoms with van der Waals surface area (Å²) in [6.07, 6.45) is 0. The Morgan fingerprint density at radius 2 is 1.86 bits per heavy atom. The molecule has 0 saturated heterocycles. The number of aryl methyl sites for hydroxylation is 1. The van der Waals surface area contributed by atoms with E-state index >= 15 is 0 Å². The van der Waals surface area contributed by atoms with Gasteiger partial charge in [-0.05, 0) is 20.8 Å². The molecule has 0 aliphatic rings. The van der Waals surface area contributed by atoms with Crippen molar-refractivity contribution in [1.82, 2.24) is 9.97 Å². The van der Waals surface area contributed by atoms with Gasteiger partial charge in [0.2, 0.25) is 0 Å². The molecule has 1 aromatic carbocycles. The van der Waals surface area contributed by atoms with Crippen molar-refractivity contribution in [2.75, 3.05) is 5.75 Å². The molecule has 0 unspecified atom stereocenters. The summed E-state index contributed by atoms with van der Waals surface area (Å²) < 4.78 is 0. The third kappa shape index (κ3) is 3.79. The summed E-state index contributed by atoms with van der Waals surface area (Å²) in [4.78, 5) is 20.9. The van der Waals surface area contributed by atoms with Crippen LogP contribution in [0.2, 0.25) is 0 Å². The van der Waals surface area contributed by atoms with E-state index in [0.717, 1.165) is 27.6 Å². The summed E-state index contributed by atoms with van der Waals surface area (Å²) in [5.74, 6) is 1.39. The number of carbonyl (C=O) groups excluding carboxylic acids is 1. The highest BCUT2D eigenvalue weighted by atomic mass is 32.2. The molecule has 0 fully saturated rings. The zero-order valence-electron chi connectivity index (χ0n) is 12.5. The van der Waals surface area contributed by atoms with Crippen LogP contribution in [-0.2, 0) is 0 Å². The minimum absolute atomic E-state index is 0.00340. The van der Waals surface area contributed by atoms with Gasteiger partial charge in [-0.25, -0.2) is 9.97 Å². The Hall–Kier alpha value is -1.94. The third-order valence-electron chi connectivity index (χ3n) is 2.90. The number of nitrogens with zero attached hydrogens (tertiary/aromatic N) is 2. The van der Waals surface area contributed by atoms with Gasteiger partial charge in [0, 0.05) is 11.3 Å². The number of carbonyl (C=O) groups is 1. The maximum Gasteiger partial charge on any atom is 0.164 e. The molecule has 0 radical (unpaired) electrons. The Labute approximate surface area is 129 Å². The van der Waals surface area contributed by atoms with Gasteiger partial charge < -0.3 is 0 Å². The number of Topliss-reactive ketones (excluding diaryl/α,β-unsaturated/α-hetero) is 1. The van der Waals surface area contributed by atoms with Gasteiger partial charge >= 0.3 is 0 Å². The minimum atomic E-state index is -0.00340. The van der Waals surface area contributed by atoms with E-state index in [2.05, 4.69) is 16.5 Å². The molecule has 0 saturated carbocycles. The first-order valence-corrected chi connectivity index (χ1v) is 7.69. The zero-order chi connectivity index (χ0) is 15.4. The first-order valence-electron chi connectivity index (χ1n) is 6.71. The Morgan fingerprint density at radius 3 is 2.43 bits per heavy atom. The number of rotatable bonds is 5. The van der Waals surface area contributed by atoms with Crippen LogP contribution in [0.4, 0.5) is 0 Å². The molecule has 2 aromatic rings. The summed E-state index contributed by atoms with van der Waals surface area (Å²) in [7, 11) is 0. The van der Waals surface area contributed by atoms with Crippen molar-refractivity contribution in [3.8, 4) is 11.4 Å². The minimum Gasteiger partial charge on any atom is -0.294 e. The molecule has 21 heavy (non-hydrogen) atoms. The second-order valence-electron chi connectivity index (χ2n) is 4.98. The first kappa shape index (κ1) is 15.4. The van der Waals surface area contributed by atoms with E-state index in [1.807, 2.05) is 44.2 Å². The van der Waals surface area contributed by atoms with Crippen LogP contribution in [0.5, 0.6) is 0 Å². The molecule has 0 spiro atoms. The fourth-order valence-corrected chi connectivity index (χ4v) is 2.93. The lowest BCUT2D eigenvalue weighted by Crippen LogP contribution is -2.06. The molecule has 0 bridgehead atoms. The molecule has 1 heterocycles. The SMILES string of the molecule is C=C(C)CSc1nc(-c2ccccc2)nc(C)c1C(C)=O. The lowest BCUT2D eigenvalue weighted by atomic mass is 10.1. The van der Waals surface area contributed by atoms with Gasteiger partial charge in [-0.15, -0.1) is 11.8 Å². The summed E-state index contributed by atoms with van der Waals surface area (Å²) in [6.45, 7) is 9.27. The number of ketones is 1. The fraction of sp³-hybridized carbons (Fsp3) is 0.235. The second-order valence-corrected chi connectivity index (χ2v) is 5.94. The molecular formula is C17H18N2OS. The Morgan fingerprint density at radius 1 is 1.19 bits per heavy atom. The highest BCUT2D eigenvalue weighted by molar-refractivity contribution is 7.99. The molecule has 2 rings (SSSR count). The van der Waals surface area contributed by atoms with Crippen molar-refractivity contribution in [2.24, 2.45) is 0 Å². The van der Waals surface area contributed by atoms with E-state index in [1.165, 1.54) is 11.8 Å². The molecule has 0 aliphatic heterocycles. The van der Waals surface area contributed by atoms with Gasteiger partial charge in [0.05, 0.1) is 11.3 Å². The van der Waals surface area contributed by atoms with Crippen LogP contribution in [0.25, 0.3) is 11.4 Å². The van der Waals surface area contributed by atoms with Crippen LogP contribution in [0.3, 0.4) is 0 Å². The molecule has 3 nitrogen and oxygen atoms in total. The maximum atomic E-state index is 11.9. The van der Waals surface area contributed by atoms with E-state index in [-0.39, 0.29) is 5.78 Å². The molecule has 0 atom stereocenters. The van der Waals surface area contributed by atoms with Crippen molar-refractivity contribution in [2.45, 2.75) is 25.8 Å². The Kier molecular flexibility index (Phi) is 4.91. The topological polar surface area (TPSA) is 42.9 Å². The van der Waals surface area contributed by atoms with Gasteiger partial charge in [-0.3, -0.25) is 4.79 Å². The Balaban J connectivity index is 2.51. The lowest BCUT2D eigenvalue weighted by Gasteiger charge is -2.11. The summed E-state index contributed by atoms with van der Waals surface area (Å²) in [5.41, 5.74) is 3.33. The maximum absolute atomic E-state index is 11.9. The summed E-state index contributed by atoms with van der Waals surface area (Å²) >= 11 is 1.53. The van der Waals surface area contributed by atoms with Gasteiger partial charge in [0.25, 0.3) is 0 Å². The summed E-state index contributed by atoms with van der Waals surface area (Å²) in [5, 5.41) is 0.733. The fourth-order valence-electron chi connectivity index (χ4n) is 1.96. The van der Waals surface area contributed by atoms with Crippen molar-refractivity contribution >= 4 is 17.5 Å². The number of aromatic nitrogens is 2. The largest absolute Gasteiger partial charge is 0.294 e. The number of hydrogen-bond acceptors (Lipinski definition) is 4. The smallest absolute Gasteiger partial charge is 0.164 e. The molecule has 0 aliphatic carbocycles. The predicted octanol–water partition coefficient (Wildman–Crippen LogP) is 4.32. The number of thioether (sulfide) groups is 1. The van der Waals surface area contributed by atoms with E-state index in [1.54, 1.807) is 6.92 Å². The number of hydrogen-bond donors (Lipinski definition) is 0.